The van der Waals surface area contributed by atoms with Crippen LogP contribution in [-0.2, 0) is 0 Å². The average Bonchev–Trinajstić information content (AvgIpc) is 3.46. The summed E-state index contributed by atoms with van der Waals surface area (Å²) in [7, 11) is 1.62. The lowest BCUT2D eigenvalue weighted by Gasteiger charge is -2.09. The molecule has 28 heavy (non-hydrogen) atoms. The quantitative estimate of drug-likeness (QED) is 0.664. The monoisotopic (exact) mass is 376 g/mol. The first-order chi connectivity index (χ1) is 13.6. The Morgan fingerprint density at radius 2 is 1.75 bits per heavy atom. The summed E-state index contributed by atoms with van der Waals surface area (Å²) in [6.45, 7) is 1.51. The summed E-state index contributed by atoms with van der Waals surface area (Å²) in [5.41, 5.74) is 3.19. The lowest BCUT2D eigenvalue weighted by atomic mass is 10.1. The molecule has 1 aromatic heterocycles. The minimum absolute atomic E-state index is 0.0173. The van der Waals surface area contributed by atoms with Crippen LogP contribution in [0, 0.1) is 0 Å². The van der Waals surface area contributed by atoms with E-state index in [-0.39, 0.29) is 17.6 Å². The Morgan fingerprint density at radius 3 is 2.32 bits per heavy atom. The molecule has 7 heteroatoms. The van der Waals surface area contributed by atoms with Crippen molar-refractivity contribution >= 4 is 17.4 Å². The molecule has 0 atom stereocenters. The van der Waals surface area contributed by atoms with Gasteiger partial charge >= 0.3 is 0 Å². The highest BCUT2D eigenvalue weighted by Gasteiger charge is 2.34. The van der Waals surface area contributed by atoms with Gasteiger partial charge in [-0.25, -0.2) is 4.68 Å². The van der Waals surface area contributed by atoms with Crippen molar-refractivity contribution in [2.75, 3.05) is 12.4 Å². The van der Waals surface area contributed by atoms with Gasteiger partial charge in [-0.3, -0.25) is 9.59 Å². The van der Waals surface area contributed by atoms with E-state index in [1.54, 1.807) is 36.1 Å². The Hall–Kier alpha value is -3.48. The molecule has 0 aliphatic heterocycles. The van der Waals surface area contributed by atoms with Gasteiger partial charge < -0.3 is 10.1 Å². The standard InChI is InChI=1S/C21H20N4O3/c1-13(26)14-5-7-16(8-6-14)22-21(27)19-20(15-3-4-15)25(24-23-19)17-9-11-18(28-2)12-10-17/h5-12,15H,3-4H2,1-2H3,(H,22,27). The number of anilines is 1. The van der Waals surface area contributed by atoms with Crippen molar-refractivity contribution in [1.82, 2.24) is 15.0 Å². The molecule has 1 fully saturated rings. The number of ether oxygens (including phenoxy) is 1. The fraction of sp³-hybridized carbons (Fsp3) is 0.238. The summed E-state index contributed by atoms with van der Waals surface area (Å²) in [5.74, 6) is 0.704. The normalized spacial score (nSPS) is 13.2. The zero-order valence-corrected chi connectivity index (χ0v) is 15.7. The molecule has 1 amide bonds. The first-order valence-electron chi connectivity index (χ1n) is 9.09. The molecule has 1 heterocycles. The Kier molecular flexibility index (Phi) is 4.65. The van der Waals surface area contributed by atoms with Gasteiger partial charge in [0.25, 0.3) is 5.91 Å². The molecule has 142 valence electrons. The van der Waals surface area contributed by atoms with E-state index in [1.807, 2.05) is 24.3 Å². The molecule has 2 aromatic carbocycles. The summed E-state index contributed by atoms with van der Waals surface area (Å²) >= 11 is 0. The number of aromatic nitrogens is 3. The smallest absolute Gasteiger partial charge is 0.278 e. The van der Waals surface area contributed by atoms with Gasteiger partial charge in [0.05, 0.1) is 18.5 Å². The molecule has 0 bridgehead atoms. The third-order valence-corrected chi connectivity index (χ3v) is 4.75. The number of nitrogens with zero attached hydrogens (tertiary/aromatic N) is 3. The maximum absolute atomic E-state index is 12.8. The zero-order chi connectivity index (χ0) is 19.7. The van der Waals surface area contributed by atoms with E-state index < -0.39 is 0 Å². The number of ketones is 1. The topological polar surface area (TPSA) is 86.1 Å². The van der Waals surface area contributed by atoms with Gasteiger partial charge in [0.1, 0.15) is 5.75 Å². The van der Waals surface area contributed by atoms with Crippen LogP contribution < -0.4 is 10.1 Å². The van der Waals surface area contributed by atoms with E-state index in [1.165, 1.54) is 6.92 Å². The summed E-state index contributed by atoms with van der Waals surface area (Å²) in [4.78, 5) is 24.2. The Labute approximate surface area is 162 Å². The number of carbonyl (C=O) groups excluding carboxylic acids is 2. The minimum atomic E-state index is -0.308. The molecule has 1 N–H and O–H groups in total. The van der Waals surface area contributed by atoms with Crippen LogP contribution in [0.3, 0.4) is 0 Å². The highest BCUT2D eigenvalue weighted by Crippen LogP contribution is 2.42. The maximum Gasteiger partial charge on any atom is 0.278 e. The van der Waals surface area contributed by atoms with Crippen molar-refractivity contribution in [3.05, 3.63) is 65.5 Å². The molecule has 1 aliphatic carbocycles. The first kappa shape index (κ1) is 17.9. The van der Waals surface area contributed by atoms with Gasteiger partial charge in [0, 0.05) is 17.2 Å². The molecule has 4 rings (SSSR count). The van der Waals surface area contributed by atoms with Crippen LogP contribution in [0.2, 0.25) is 0 Å². The Balaban J connectivity index is 1.61. The predicted octanol–water partition coefficient (Wildman–Crippen LogP) is 3.61. The highest BCUT2D eigenvalue weighted by atomic mass is 16.5. The van der Waals surface area contributed by atoms with Crippen molar-refractivity contribution < 1.29 is 14.3 Å². The van der Waals surface area contributed by atoms with Gasteiger partial charge in [-0.05, 0) is 68.3 Å². The molecule has 0 radical (unpaired) electrons. The summed E-state index contributed by atoms with van der Waals surface area (Å²) in [6.07, 6.45) is 2.02. The Bertz CT molecular complexity index is 1020. The molecule has 0 saturated heterocycles. The first-order valence-corrected chi connectivity index (χ1v) is 9.09. The Morgan fingerprint density at radius 1 is 1.07 bits per heavy atom. The SMILES string of the molecule is COc1ccc(-n2nnc(C(=O)Nc3ccc(C(C)=O)cc3)c2C2CC2)cc1. The fourth-order valence-electron chi connectivity index (χ4n) is 3.07. The number of benzene rings is 2. The van der Waals surface area contributed by atoms with Crippen LogP contribution >= 0.6 is 0 Å². The largest absolute Gasteiger partial charge is 0.497 e. The fourth-order valence-corrected chi connectivity index (χ4v) is 3.07. The second kappa shape index (κ2) is 7.26. The molecule has 3 aromatic rings. The maximum atomic E-state index is 12.8. The molecule has 0 unspecified atom stereocenters. The van der Waals surface area contributed by atoms with E-state index in [2.05, 4.69) is 15.6 Å². The molecule has 0 spiro atoms. The molecule has 7 nitrogen and oxygen atoms in total. The van der Waals surface area contributed by atoms with Crippen LogP contribution in [0.5, 0.6) is 5.75 Å². The van der Waals surface area contributed by atoms with Crippen molar-refractivity contribution in [2.45, 2.75) is 25.7 Å². The lowest BCUT2D eigenvalue weighted by molar-refractivity contribution is 0.101. The number of methoxy groups -OCH3 is 1. The number of carbonyl (C=O) groups is 2. The van der Waals surface area contributed by atoms with Crippen LogP contribution in [0.1, 0.15) is 52.2 Å². The van der Waals surface area contributed by atoms with Crippen molar-refractivity contribution in [3.63, 3.8) is 0 Å². The molecular weight excluding hydrogens is 356 g/mol. The second-order valence-electron chi connectivity index (χ2n) is 6.80. The van der Waals surface area contributed by atoms with Crippen LogP contribution in [0.15, 0.2) is 48.5 Å². The molecule has 1 aliphatic rings. The van der Waals surface area contributed by atoms with E-state index >= 15 is 0 Å². The van der Waals surface area contributed by atoms with Gasteiger partial charge in [-0.15, -0.1) is 5.10 Å². The molecular formula is C21H20N4O3. The highest BCUT2D eigenvalue weighted by molar-refractivity contribution is 6.04. The van der Waals surface area contributed by atoms with Crippen LogP contribution in [0.25, 0.3) is 5.69 Å². The van der Waals surface area contributed by atoms with Crippen LogP contribution in [0.4, 0.5) is 5.69 Å². The number of nitrogens with one attached hydrogen (secondary N) is 1. The van der Waals surface area contributed by atoms with E-state index in [0.29, 0.717) is 16.9 Å². The third-order valence-electron chi connectivity index (χ3n) is 4.75. The minimum Gasteiger partial charge on any atom is -0.497 e. The average molecular weight is 376 g/mol. The van der Waals surface area contributed by atoms with Gasteiger partial charge in [-0.1, -0.05) is 5.21 Å². The van der Waals surface area contributed by atoms with Crippen LogP contribution in [-0.4, -0.2) is 33.8 Å². The summed E-state index contributed by atoms with van der Waals surface area (Å²) < 4.78 is 6.92. The number of rotatable bonds is 6. The second-order valence-corrected chi connectivity index (χ2v) is 6.80. The number of hydrogen-bond donors (Lipinski definition) is 1. The summed E-state index contributed by atoms with van der Waals surface area (Å²) in [6, 6.07) is 14.3. The van der Waals surface area contributed by atoms with E-state index in [0.717, 1.165) is 30.0 Å². The number of hydrogen-bond acceptors (Lipinski definition) is 5. The third kappa shape index (κ3) is 3.51. The molecule has 1 saturated carbocycles. The van der Waals surface area contributed by atoms with Gasteiger partial charge in [-0.2, -0.15) is 0 Å². The predicted molar refractivity (Wildman–Crippen MR) is 104 cm³/mol. The lowest BCUT2D eigenvalue weighted by Crippen LogP contribution is -2.15. The van der Waals surface area contributed by atoms with E-state index in [9.17, 15) is 9.59 Å². The van der Waals surface area contributed by atoms with E-state index in [4.69, 9.17) is 4.74 Å². The number of Topliss-reactive ketones (excluding diaryl/α,β-unsaturated/α-hetero) is 1. The van der Waals surface area contributed by atoms with Gasteiger partial charge in [0.2, 0.25) is 0 Å². The van der Waals surface area contributed by atoms with Crippen molar-refractivity contribution in [3.8, 4) is 11.4 Å². The zero-order valence-electron chi connectivity index (χ0n) is 15.7. The van der Waals surface area contributed by atoms with Gasteiger partial charge in [0.15, 0.2) is 11.5 Å². The van der Waals surface area contributed by atoms with Crippen molar-refractivity contribution in [2.24, 2.45) is 0 Å². The number of amides is 1. The summed E-state index contributed by atoms with van der Waals surface area (Å²) in [5, 5.41) is 11.2. The van der Waals surface area contributed by atoms with Crippen molar-refractivity contribution in [1.29, 1.82) is 0 Å².